The molecule has 1 aliphatic rings. The molecule has 24 heavy (non-hydrogen) atoms. The first-order valence-electron chi connectivity index (χ1n) is 8.88. The Morgan fingerprint density at radius 2 is 1.79 bits per heavy atom. The summed E-state index contributed by atoms with van der Waals surface area (Å²) >= 11 is 0. The van der Waals surface area contributed by atoms with E-state index in [9.17, 15) is 9.59 Å². The summed E-state index contributed by atoms with van der Waals surface area (Å²) in [4.78, 5) is 25.4. The third-order valence-electron chi connectivity index (χ3n) is 4.94. The first-order valence-corrected chi connectivity index (χ1v) is 8.88. The van der Waals surface area contributed by atoms with Gasteiger partial charge in [-0.3, -0.25) is 4.79 Å². The van der Waals surface area contributed by atoms with Crippen LogP contribution >= 0.6 is 0 Å². The first-order chi connectivity index (χ1) is 11.5. The van der Waals surface area contributed by atoms with E-state index in [-0.39, 0.29) is 5.91 Å². The van der Waals surface area contributed by atoms with Gasteiger partial charge in [-0.05, 0) is 50.2 Å². The van der Waals surface area contributed by atoms with E-state index in [1.54, 1.807) is 0 Å². The summed E-state index contributed by atoms with van der Waals surface area (Å²) in [5, 5.41) is 2.62. The molecule has 1 aromatic carbocycles. The van der Waals surface area contributed by atoms with Gasteiger partial charge in [0.1, 0.15) is 0 Å². The van der Waals surface area contributed by atoms with Crippen LogP contribution in [-0.4, -0.2) is 36.5 Å². The average Bonchev–Trinajstić information content (AvgIpc) is 2.54. The Labute approximate surface area is 144 Å². The number of nitrogens with two attached hydrogens (primary N) is 1. The second-order valence-electron chi connectivity index (χ2n) is 6.79. The van der Waals surface area contributed by atoms with Crippen molar-refractivity contribution in [1.82, 2.24) is 10.2 Å². The normalized spacial score (nSPS) is 15.3. The minimum atomic E-state index is -0.451. The summed E-state index contributed by atoms with van der Waals surface area (Å²) < 4.78 is 0. The lowest BCUT2D eigenvalue weighted by Gasteiger charge is -2.32. The number of aryl methyl sites for hydroxylation is 2. The van der Waals surface area contributed by atoms with Crippen LogP contribution in [-0.2, 0) is 0 Å². The van der Waals surface area contributed by atoms with Crippen molar-refractivity contribution >= 4 is 11.9 Å². The van der Waals surface area contributed by atoms with Crippen LogP contribution in [0, 0.1) is 19.8 Å². The maximum absolute atomic E-state index is 12.8. The lowest BCUT2D eigenvalue weighted by Crippen LogP contribution is -2.39. The van der Waals surface area contributed by atoms with E-state index in [2.05, 4.69) is 5.32 Å². The topological polar surface area (TPSA) is 75.4 Å². The zero-order valence-corrected chi connectivity index (χ0v) is 14.8. The van der Waals surface area contributed by atoms with E-state index < -0.39 is 6.03 Å². The summed E-state index contributed by atoms with van der Waals surface area (Å²) in [5.74, 6) is 0.857. The van der Waals surface area contributed by atoms with Gasteiger partial charge in [-0.15, -0.1) is 0 Å². The average molecular weight is 331 g/mol. The molecule has 1 aliphatic heterocycles. The molecule has 1 fully saturated rings. The van der Waals surface area contributed by atoms with Gasteiger partial charge in [0, 0.05) is 25.2 Å². The Hall–Kier alpha value is -2.04. The van der Waals surface area contributed by atoms with Gasteiger partial charge in [-0.2, -0.15) is 0 Å². The molecule has 132 valence electrons. The Kier molecular flexibility index (Phi) is 6.64. The molecule has 1 saturated heterocycles. The van der Waals surface area contributed by atoms with E-state index in [4.69, 9.17) is 5.73 Å². The number of carbonyl (C=O) groups excluding carboxylic acids is 2. The number of piperidine rings is 1. The molecule has 3 amide bonds. The molecule has 0 spiro atoms. The number of hydrogen-bond donors (Lipinski definition) is 2. The molecule has 0 aromatic heterocycles. The fourth-order valence-corrected chi connectivity index (χ4v) is 3.50. The Balaban J connectivity index is 1.76. The largest absolute Gasteiger partial charge is 0.352 e. The highest BCUT2D eigenvalue weighted by molar-refractivity contribution is 5.97. The van der Waals surface area contributed by atoms with Crippen LogP contribution in [0.25, 0.3) is 0 Å². The third-order valence-corrected chi connectivity index (χ3v) is 4.94. The van der Waals surface area contributed by atoms with Crippen LogP contribution in [0.3, 0.4) is 0 Å². The quantitative estimate of drug-likeness (QED) is 0.786. The minimum absolute atomic E-state index is 0.176. The highest BCUT2D eigenvalue weighted by Gasteiger charge is 2.25. The SMILES string of the molecule is Cc1cccc(C)c1C(=O)N1CCC(CCCCNC(N)=O)CC1. The van der Waals surface area contributed by atoms with E-state index in [1.165, 1.54) is 0 Å². The van der Waals surface area contributed by atoms with E-state index in [0.717, 1.165) is 61.9 Å². The standard InChI is InChI=1S/C19H29N3O2/c1-14-6-5-7-15(2)17(14)18(23)22-12-9-16(10-13-22)8-3-4-11-21-19(20)24/h5-7,16H,3-4,8-13H2,1-2H3,(H3,20,21,24). The molecule has 0 aliphatic carbocycles. The fraction of sp³-hybridized carbons (Fsp3) is 0.579. The lowest BCUT2D eigenvalue weighted by atomic mass is 9.91. The van der Waals surface area contributed by atoms with Gasteiger partial charge in [-0.25, -0.2) is 4.79 Å². The number of rotatable bonds is 6. The van der Waals surface area contributed by atoms with Crippen LogP contribution in [0.2, 0.25) is 0 Å². The highest BCUT2D eigenvalue weighted by Crippen LogP contribution is 2.25. The number of nitrogens with zero attached hydrogens (tertiary/aromatic N) is 1. The molecule has 3 N–H and O–H groups in total. The van der Waals surface area contributed by atoms with E-state index >= 15 is 0 Å². The van der Waals surface area contributed by atoms with Crippen LogP contribution < -0.4 is 11.1 Å². The second kappa shape index (κ2) is 8.71. The van der Waals surface area contributed by atoms with Crippen molar-refractivity contribution in [3.05, 3.63) is 34.9 Å². The van der Waals surface area contributed by atoms with E-state index in [0.29, 0.717) is 12.5 Å². The second-order valence-corrected chi connectivity index (χ2v) is 6.79. The molecule has 0 unspecified atom stereocenters. The molecule has 5 heteroatoms. The highest BCUT2D eigenvalue weighted by atomic mass is 16.2. The van der Waals surface area contributed by atoms with Crippen molar-refractivity contribution in [2.45, 2.75) is 46.0 Å². The molecular formula is C19H29N3O2. The van der Waals surface area contributed by atoms with E-state index in [1.807, 2.05) is 36.9 Å². The van der Waals surface area contributed by atoms with Crippen molar-refractivity contribution in [2.24, 2.45) is 11.7 Å². The predicted molar refractivity (Wildman–Crippen MR) is 96.0 cm³/mol. The number of nitrogens with one attached hydrogen (secondary N) is 1. The molecule has 1 aromatic rings. The molecule has 5 nitrogen and oxygen atoms in total. The molecule has 2 rings (SSSR count). The Morgan fingerprint density at radius 3 is 2.38 bits per heavy atom. The lowest BCUT2D eigenvalue weighted by molar-refractivity contribution is 0.0684. The van der Waals surface area contributed by atoms with Crippen molar-refractivity contribution in [1.29, 1.82) is 0 Å². The maximum atomic E-state index is 12.8. The molecule has 0 radical (unpaired) electrons. The number of hydrogen-bond acceptors (Lipinski definition) is 2. The fourth-order valence-electron chi connectivity index (χ4n) is 3.50. The maximum Gasteiger partial charge on any atom is 0.312 e. The monoisotopic (exact) mass is 331 g/mol. The number of primary amides is 1. The van der Waals surface area contributed by atoms with Gasteiger partial charge < -0.3 is 16.0 Å². The summed E-state index contributed by atoms with van der Waals surface area (Å²) in [7, 11) is 0. The molecule has 0 saturated carbocycles. The van der Waals surface area contributed by atoms with Crippen molar-refractivity contribution < 1.29 is 9.59 Å². The number of unbranched alkanes of at least 4 members (excludes halogenated alkanes) is 1. The Morgan fingerprint density at radius 1 is 1.17 bits per heavy atom. The number of urea groups is 1. The summed E-state index contributed by atoms with van der Waals surface area (Å²) in [5.41, 5.74) is 8.03. The number of amides is 3. The molecule has 0 atom stereocenters. The zero-order chi connectivity index (χ0) is 17.5. The zero-order valence-electron chi connectivity index (χ0n) is 14.8. The van der Waals surface area contributed by atoms with Gasteiger partial charge >= 0.3 is 6.03 Å². The van der Waals surface area contributed by atoms with Gasteiger partial charge in [0.2, 0.25) is 0 Å². The summed E-state index contributed by atoms with van der Waals surface area (Å²) in [6.07, 6.45) is 5.35. The smallest absolute Gasteiger partial charge is 0.312 e. The predicted octanol–water partition coefficient (Wildman–Crippen LogP) is 2.99. The van der Waals surface area contributed by atoms with Crippen LogP contribution in [0.1, 0.15) is 53.6 Å². The summed E-state index contributed by atoms with van der Waals surface area (Å²) in [6.45, 7) is 6.35. The number of carbonyl (C=O) groups is 2. The number of benzene rings is 1. The van der Waals surface area contributed by atoms with Gasteiger partial charge in [0.15, 0.2) is 0 Å². The molecule has 0 bridgehead atoms. The van der Waals surface area contributed by atoms with Gasteiger partial charge in [0.25, 0.3) is 5.91 Å². The van der Waals surface area contributed by atoms with Crippen LogP contribution in [0.15, 0.2) is 18.2 Å². The van der Waals surface area contributed by atoms with Crippen molar-refractivity contribution in [3.8, 4) is 0 Å². The third kappa shape index (κ3) is 4.98. The van der Waals surface area contributed by atoms with Crippen LogP contribution in [0.5, 0.6) is 0 Å². The van der Waals surface area contributed by atoms with Crippen molar-refractivity contribution in [2.75, 3.05) is 19.6 Å². The molecule has 1 heterocycles. The van der Waals surface area contributed by atoms with Crippen LogP contribution in [0.4, 0.5) is 4.79 Å². The molecular weight excluding hydrogens is 302 g/mol. The van der Waals surface area contributed by atoms with Crippen molar-refractivity contribution in [3.63, 3.8) is 0 Å². The Bertz CT molecular complexity index is 558. The van der Waals surface area contributed by atoms with Gasteiger partial charge in [0.05, 0.1) is 0 Å². The van der Waals surface area contributed by atoms with Gasteiger partial charge in [-0.1, -0.05) is 31.0 Å². The first kappa shape index (κ1) is 18.3. The summed E-state index contributed by atoms with van der Waals surface area (Å²) in [6, 6.07) is 5.56. The number of likely N-dealkylation sites (tertiary alicyclic amines) is 1. The minimum Gasteiger partial charge on any atom is -0.352 e.